The van der Waals surface area contributed by atoms with E-state index in [1.54, 1.807) is 0 Å². The molecule has 0 radical (unpaired) electrons. The highest BCUT2D eigenvalue weighted by atomic mass is 79.9. The van der Waals surface area contributed by atoms with Crippen LogP contribution in [0, 0.1) is 0 Å². The van der Waals surface area contributed by atoms with Crippen LogP contribution in [0.15, 0.2) is 42.5 Å². The first-order chi connectivity index (χ1) is 13.5. The van der Waals surface area contributed by atoms with Gasteiger partial charge in [0.1, 0.15) is 5.41 Å². The highest BCUT2D eigenvalue weighted by molar-refractivity contribution is 9.09. The Balaban J connectivity index is 2.16. The molecular formula is C20H13BrCl3F3O2. The van der Waals surface area contributed by atoms with Crippen LogP contribution in [0.2, 0.25) is 15.1 Å². The largest absolute Gasteiger partial charge is 0.465 e. The average Bonchev–Trinajstić information content (AvgIpc) is 2.99. The fourth-order valence-electron chi connectivity index (χ4n) is 3.42. The number of alkyl halides is 4. The number of halogens is 7. The molecule has 1 aliphatic carbocycles. The molecule has 0 heterocycles. The van der Waals surface area contributed by atoms with Gasteiger partial charge in [-0.1, -0.05) is 62.9 Å². The summed E-state index contributed by atoms with van der Waals surface area (Å²) in [6.07, 6.45) is -3.71. The molecular weight excluding hydrogens is 515 g/mol. The summed E-state index contributed by atoms with van der Waals surface area (Å²) in [7, 11) is 1.22. The van der Waals surface area contributed by atoms with Crippen molar-refractivity contribution in [3.63, 3.8) is 0 Å². The SMILES string of the molecule is COC(=O)c1ccc(C2=CC(c3cc(Cl)cc(Cl)c3)(C(F)(F)F)CC2Br)cc1Cl. The van der Waals surface area contributed by atoms with E-state index >= 15 is 0 Å². The molecule has 0 aliphatic heterocycles. The first kappa shape index (κ1) is 22.5. The van der Waals surface area contributed by atoms with E-state index < -0.39 is 22.4 Å². The minimum absolute atomic E-state index is 0.0424. The molecule has 0 saturated heterocycles. The second-order valence-electron chi connectivity index (χ2n) is 6.58. The van der Waals surface area contributed by atoms with Crippen LogP contribution >= 0.6 is 50.7 Å². The van der Waals surface area contributed by atoms with Gasteiger partial charge in [-0.15, -0.1) is 0 Å². The van der Waals surface area contributed by atoms with Crippen LogP contribution in [0.1, 0.15) is 27.9 Å². The molecule has 2 nitrogen and oxygen atoms in total. The summed E-state index contributed by atoms with van der Waals surface area (Å²) in [5.74, 6) is -0.629. The predicted molar refractivity (Wildman–Crippen MR) is 112 cm³/mol. The van der Waals surface area contributed by atoms with Gasteiger partial charge in [-0.05, 0) is 53.5 Å². The highest BCUT2D eigenvalue weighted by Crippen LogP contribution is 2.55. The molecule has 0 amide bonds. The topological polar surface area (TPSA) is 26.3 Å². The van der Waals surface area contributed by atoms with Gasteiger partial charge in [0.05, 0.1) is 17.7 Å². The molecule has 0 N–H and O–H groups in total. The van der Waals surface area contributed by atoms with Crippen LogP contribution in [0.5, 0.6) is 0 Å². The van der Waals surface area contributed by atoms with E-state index in [-0.39, 0.29) is 32.6 Å². The smallest absolute Gasteiger partial charge is 0.401 e. The lowest BCUT2D eigenvalue weighted by Crippen LogP contribution is -2.39. The molecule has 3 rings (SSSR count). The Hall–Kier alpha value is -1.21. The summed E-state index contributed by atoms with van der Waals surface area (Å²) in [4.78, 5) is 11.1. The summed E-state index contributed by atoms with van der Waals surface area (Å²) in [6.45, 7) is 0. The molecule has 9 heteroatoms. The second-order valence-corrected chi connectivity index (χ2v) is 8.97. The lowest BCUT2D eigenvalue weighted by atomic mass is 9.79. The number of hydrogen-bond acceptors (Lipinski definition) is 2. The normalized spacial score (nSPS) is 21.8. The maximum Gasteiger partial charge on any atom is 0.401 e. The molecule has 2 atom stereocenters. The Morgan fingerprint density at radius 2 is 1.76 bits per heavy atom. The zero-order valence-electron chi connectivity index (χ0n) is 14.8. The zero-order chi connectivity index (χ0) is 21.6. The molecule has 2 unspecified atom stereocenters. The Kier molecular flexibility index (Phi) is 6.31. The maximum absolute atomic E-state index is 14.3. The third-order valence-corrected chi connectivity index (χ3v) is 6.40. The maximum atomic E-state index is 14.3. The van der Waals surface area contributed by atoms with Crippen LogP contribution in [0.25, 0.3) is 5.57 Å². The van der Waals surface area contributed by atoms with E-state index in [1.807, 2.05) is 0 Å². The van der Waals surface area contributed by atoms with Crippen molar-refractivity contribution in [2.24, 2.45) is 0 Å². The monoisotopic (exact) mass is 526 g/mol. The standard InChI is InChI=1S/C20H13BrCl3F3O2/c1-29-18(28)14-3-2-10(4-17(14)24)15-8-19(9-16(15)21,20(25,26)27)11-5-12(22)7-13(23)6-11/h2-8,16H,9H2,1H3. The third kappa shape index (κ3) is 4.18. The minimum Gasteiger partial charge on any atom is -0.465 e. The summed E-state index contributed by atoms with van der Waals surface area (Å²) in [5, 5.41) is 0.328. The number of esters is 1. The van der Waals surface area contributed by atoms with Crippen LogP contribution in [-0.2, 0) is 10.2 Å². The van der Waals surface area contributed by atoms with Gasteiger partial charge < -0.3 is 4.74 Å². The third-order valence-electron chi connectivity index (χ3n) is 4.83. The number of allylic oxidation sites excluding steroid dienone is 2. The van der Waals surface area contributed by atoms with E-state index in [1.165, 1.54) is 43.5 Å². The van der Waals surface area contributed by atoms with Gasteiger partial charge in [-0.25, -0.2) is 4.79 Å². The Labute approximate surface area is 188 Å². The molecule has 2 aromatic rings. The van der Waals surface area contributed by atoms with Gasteiger partial charge in [0, 0.05) is 14.9 Å². The molecule has 2 aromatic carbocycles. The van der Waals surface area contributed by atoms with Gasteiger partial charge in [-0.2, -0.15) is 13.2 Å². The van der Waals surface area contributed by atoms with E-state index in [0.717, 1.165) is 6.08 Å². The minimum atomic E-state index is -4.59. The number of ether oxygens (including phenoxy) is 1. The Bertz CT molecular complexity index is 987. The summed E-state index contributed by atoms with van der Waals surface area (Å²) >= 11 is 21.4. The molecule has 29 heavy (non-hydrogen) atoms. The summed E-state index contributed by atoms with van der Waals surface area (Å²) < 4.78 is 47.5. The lowest BCUT2D eigenvalue weighted by Gasteiger charge is -2.31. The predicted octanol–water partition coefficient (Wildman–Crippen LogP) is 7.48. The fraction of sp³-hybridized carbons (Fsp3) is 0.250. The molecule has 0 saturated carbocycles. The van der Waals surface area contributed by atoms with Gasteiger partial charge in [-0.3, -0.25) is 0 Å². The van der Waals surface area contributed by atoms with Crippen molar-refractivity contribution in [2.45, 2.75) is 22.8 Å². The number of benzene rings is 2. The van der Waals surface area contributed by atoms with Crippen molar-refractivity contribution < 1.29 is 22.7 Å². The van der Waals surface area contributed by atoms with Crippen LogP contribution in [0.3, 0.4) is 0 Å². The van der Waals surface area contributed by atoms with Gasteiger partial charge in [0.25, 0.3) is 0 Å². The van der Waals surface area contributed by atoms with E-state index in [2.05, 4.69) is 20.7 Å². The fourth-order valence-corrected chi connectivity index (χ4v) is 5.11. The van der Waals surface area contributed by atoms with Crippen LogP contribution < -0.4 is 0 Å². The molecule has 1 aliphatic rings. The Morgan fingerprint density at radius 3 is 2.28 bits per heavy atom. The number of hydrogen-bond donors (Lipinski definition) is 0. The molecule has 0 aromatic heterocycles. The van der Waals surface area contributed by atoms with E-state index in [0.29, 0.717) is 11.1 Å². The van der Waals surface area contributed by atoms with E-state index in [9.17, 15) is 18.0 Å². The zero-order valence-corrected chi connectivity index (χ0v) is 18.6. The number of rotatable bonds is 3. The van der Waals surface area contributed by atoms with Gasteiger partial charge in [0.2, 0.25) is 0 Å². The lowest BCUT2D eigenvalue weighted by molar-refractivity contribution is -0.175. The van der Waals surface area contributed by atoms with Crippen molar-refractivity contribution in [3.05, 3.63) is 74.2 Å². The molecule has 154 valence electrons. The second kappa shape index (κ2) is 8.14. The van der Waals surface area contributed by atoms with Crippen LogP contribution in [0.4, 0.5) is 13.2 Å². The molecule has 0 bridgehead atoms. The van der Waals surface area contributed by atoms with Crippen molar-refractivity contribution >= 4 is 62.3 Å². The average molecular weight is 529 g/mol. The first-order valence-electron chi connectivity index (χ1n) is 8.27. The van der Waals surface area contributed by atoms with Gasteiger partial charge in [0.15, 0.2) is 0 Å². The van der Waals surface area contributed by atoms with Crippen molar-refractivity contribution in [3.8, 4) is 0 Å². The molecule has 0 spiro atoms. The Morgan fingerprint density at radius 1 is 1.14 bits per heavy atom. The van der Waals surface area contributed by atoms with Gasteiger partial charge >= 0.3 is 12.1 Å². The number of carbonyl (C=O) groups excluding carboxylic acids is 1. The van der Waals surface area contributed by atoms with Crippen LogP contribution in [-0.4, -0.2) is 24.1 Å². The number of carbonyl (C=O) groups is 1. The summed E-state index contributed by atoms with van der Waals surface area (Å²) in [6, 6.07) is 8.34. The first-order valence-corrected chi connectivity index (χ1v) is 10.3. The highest BCUT2D eigenvalue weighted by Gasteiger charge is 2.58. The van der Waals surface area contributed by atoms with Crippen molar-refractivity contribution in [1.82, 2.24) is 0 Å². The number of methoxy groups -OCH3 is 1. The summed E-state index contributed by atoms with van der Waals surface area (Å²) in [5.41, 5.74) is -1.33. The van der Waals surface area contributed by atoms with E-state index in [4.69, 9.17) is 34.8 Å². The van der Waals surface area contributed by atoms with Crippen molar-refractivity contribution in [1.29, 1.82) is 0 Å². The molecule has 0 fully saturated rings. The van der Waals surface area contributed by atoms with Crippen molar-refractivity contribution in [2.75, 3.05) is 7.11 Å². The quantitative estimate of drug-likeness (QED) is 0.305.